The van der Waals surface area contributed by atoms with Crippen LogP contribution in [0.4, 0.5) is 0 Å². The molecule has 2 heterocycles. The van der Waals surface area contributed by atoms with Crippen molar-refractivity contribution in [1.82, 2.24) is 9.80 Å². The molecule has 1 aromatic carbocycles. The SMILES string of the molecule is CN(CCN1CCOCC1)C(=O)c1cc2ccccc2oc1=O. The Morgan fingerprint density at radius 3 is 2.78 bits per heavy atom. The van der Waals surface area contributed by atoms with Crippen molar-refractivity contribution in [2.24, 2.45) is 0 Å². The van der Waals surface area contributed by atoms with Crippen molar-refractivity contribution in [2.75, 3.05) is 46.4 Å². The summed E-state index contributed by atoms with van der Waals surface area (Å²) in [6, 6.07) is 8.78. The molecule has 2 aromatic rings. The number of benzene rings is 1. The van der Waals surface area contributed by atoms with Crippen molar-refractivity contribution in [2.45, 2.75) is 0 Å². The van der Waals surface area contributed by atoms with Crippen molar-refractivity contribution in [3.05, 3.63) is 46.3 Å². The monoisotopic (exact) mass is 316 g/mol. The summed E-state index contributed by atoms with van der Waals surface area (Å²) < 4.78 is 10.5. The Morgan fingerprint density at radius 2 is 2.00 bits per heavy atom. The van der Waals surface area contributed by atoms with Crippen LogP contribution in [0.3, 0.4) is 0 Å². The number of amides is 1. The lowest BCUT2D eigenvalue weighted by Gasteiger charge is -2.28. The fourth-order valence-electron chi connectivity index (χ4n) is 2.63. The molecular weight excluding hydrogens is 296 g/mol. The molecule has 1 aromatic heterocycles. The lowest BCUT2D eigenvalue weighted by atomic mass is 10.1. The van der Waals surface area contributed by atoms with E-state index in [4.69, 9.17) is 9.15 Å². The Morgan fingerprint density at radius 1 is 1.26 bits per heavy atom. The number of rotatable bonds is 4. The summed E-state index contributed by atoms with van der Waals surface area (Å²) in [5.74, 6) is -0.308. The van der Waals surface area contributed by atoms with Crippen LogP contribution in [0.5, 0.6) is 0 Å². The number of carbonyl (C=O) groups is 1. The van der Waals surface area contributed by atoms with Gasteiger partial charge in [-0.2, -0.15) is 0 Å². The molecule has 1 saturated heterocycles. The molecule has 6 nitrogen and oxygen atoms in total. The average molecular weight is 316 g/mol. The zero-order valence-corrected chi connectivity index (χ0v) is 13.2. The van der Waals surface area contributed by atoms with E-state index in [2.05, 4.69) is 4.90 Å². The van der Waals surface area contributed by atoms with Gasteiger partial charge >= 0.3 is 5.63 Å². The third-order valence-electron chi connectivity index (χ3n) is 4.07. The van der Waals surface area contributed by atoms with Gasteiger partial charge in [0.2, 0.25) is 0 Å². The molecule has 0 saturated carbocycles. The summed E-state index contributed by atoms with van der Waals surface area (Å²) >= 11 is 0. The van der Waals surface area contributed by atoms with Gasteiger partial charge in [0.15, 0.2) is 0 Å². The van der Waals surface area contributed by atoms with E-state index in [0.29, 0.717) is 12.1 Å². The first kappa shape index (κ1) is 15.7. The number of carbonyl (C=O) groups excluding carboxylic acids is 1. The number of morpholine rings is 1. The Balaban J connectivity index is 1.71. The van der Waals surface area contributed by atoms with Crippen LogP contribution in [0.25, 0.3) is 11.0 Å². The Bertz CT molecular complexity index is 750. The van der Waals surface area contributed by atoms with Gasteiger partial charge in [0, 0.05) is 38.6 Å². The number of likely N-dealkylation sites (N-methyl/N-ethyl adjacent to an activating group) is 1. The predicted octanol–water partition coefficient (Wildman–Crippen LogP) is 1.20. The van der Waals surface area contributed by atoms with E-state index in [9.17, 15) is 9.59 Å². The number of hydrogen-bond acceptors (Lipinski definition) is 5. The van der Waals surface area contributed by atoms with E-state index in [-0.39, 0.29) is 11.5 Å². The molecule has 0 spiro atoms. The van der Waals surface area contributed by atoms with Crippen molar-refractivity contribution < 1.29 is 13.9 Å². The number of hydrogen-bond donors (Lipinski definition) is 0. The number of para-hydroxylation sites is 1. The molecule has 0 aliphatic carbocycles. The van der Waals surface area contributed by atoms with Crippen LogP contribution in [0.15, 0.2) is 39.5 Å². The maximum Gasteiger partial charge on any atom is 0.349 e. The van der Waals surface area contributed by atoms with Crippen molar-refractivity contribution >= 4 is 16.9 Å². The van der Waals surface area contributed by atoms with Gasteiger partial charge in [0.05, 0.1) is 13.2 Å². The molecule has 3 rings (SSSR count). The highest BCUT2D eigenvalue weighted by Crippen LogP contribution is 2.13. The highest BCUT2D eigenvalue weighted by atomic mass is 16.5. The molecule has 122 valence electrons. The fourth-order valence-corrected chi connectivity index (χ4v) is 2.63. The highest BCUT2D eigenvalue weighted by molar-refractivity contribution is 5.96. The fraction of sp³-hybridized carbons (Fsp3) is 0.412. The van der Waals surface area contributed by atoms with E-state index in [1.165, 1.54) is 0 Å². The standard InChI is InChI=1S/C17H20N2O4/c1-18(6-7-19-8-10-22-11-9-19)16(20)14-12-13-4-2-3-5-15(13)23-17(14)21/h2-5,12H,6-11H2,1H3. The highest BCUT2D eigenvalue weighted by Gasteiger charge is 2.19. The van der Waals surface area contributed by atoms with Gasteiger partial charge in [-0.3, -0.25) is 9.69 Å². The lowest BCUT2D eigenvalue weighted by Crippen LogP contribution is -2.42. The van der Waals surface area contributed by atoms with E-state index in [1.54, 1.807) is 30.1 Å². The van der Waals surface area contributed by atoms with Crippen molar-refractivity contribution in [1.29, 1.82) is 0 Å². The number of fused-ring (bicyclic) bond motifs is 1. The van der Waals surface area contributed by atoms with Crippen LogP contribution in [0.2, 0.25) is 0 Å². The molecule has 1 fully saturated rings. The molecule has 23 heavy (non-hydrogen) atoms. The predicted molar refractivity (Wildman–Crippen MR) is 86.7 cm³/mol. The molecule has 0 bridgehead atoms. The van der Waals surface area contributed by atoms with Crippen LogP contribution < -0.4 is 5.63 Å². The quantitative estimate of drug-likeness (QED) is 0.793. The van der Waals surface area contributed by atoms with Gasteiger partial charge in [0.1, 0.15) is 11.1 Å². The van der Waals surface area contributed by atoms with Gasteiger partial charge < -0.3 is 14.1 Å². The third-order valence-corrected chi connectivity index (χ3v) is 4.07. The van der Waals surface area contributed by atoms with E-state index in [1.807, 2.05) is 12.1 Å². The summed E-state index contributed by atoms with van der Waals surface area (Å²) in [4.78, 5) is 28.4. The molecule has 6 heteroatoms. The molecule has 0 N–H and O–H groups in total. The molecule has 1 amide bonds. The zero-order chi connectivity index (χ0) is 16.2. The molecular formula is C17H20N2O4. The lowest BCUT2D eigenvalue weighted by molar-refractivity contribution is 0.0338. The minimum absolute atomic E-state index is 0.0770. The smallest absolute Gasteiger partial charge is 0.349 e. The van der Waals surface area contributed by atoms with Crippen molar-refractivity contribution in [3.63, 3.8) is 0 Å². The Labute approximate surface area is 134 Å². The minimum atomic E-state index is -0.591. The Hall–Kier alpha value is -2.18. The molecule has 0 unspecified atom stereocenters. The van der Waals surface area contributed by atoms with Crippen LogP contribution in [0, 0.1) is 0 Å². The van der Waals surface area contributed by atoms with Gasteiger partial charge in [0.25, 0.3) is 5.91 Å². The van der Waals surface area contributed by atoms with Crippen LogP contribution in [-0.2, 0) is 4.74 Å². The maximum absolute atomic E-state index is 12.5. The first-order valence-electron chi connectivity index (χ1n) is 7.73. The summed E-state index contributed by atoms with van der Waals surface area (Å²) in [7, 11) is 1.71. The average Bonchev–Trinajstić information content (AvgIpc) is 2.59. The zero-order valence-electron chi connectivity index (χ0n) is 13.2. The first-order valence-corrected chi connectivity index (χ1v) is 7.73. The van der Waals surface area contributed by atoms with Gasteiger partial charge in [-0.05, 0) is 12.1 Å². The summed E-state index contributed by atoms with van der Waals surface area (Å²) in [6.07, 6.45) is 0. The van der Waals surface area contributed by atoms with Gasteiger partial charge in [-0.1, -0.05) is 18.2 Å². The minimum Gasteiger partial charge on any atom is -0.422 e. The second-order valence-corrected chi connectivity index (χ2v) is 5.67. The van der Waals surface area contributed by atoms with E-state index in [0.717, 1.165) is 38.2 Å². The third kappa shape index (κ3) is 3.60. The van der Waals surface area contributed by atoms with Crippen molar-refractivity contribution in [3.8, 4) is 0 Å². The van der Waals surface area contributed by atoms with Gasteiger partial charge in [-0.15, -0.1) is 0 Å². The van der Waals surface area contributed by atoms with E-state index < -0.39 is 5.63 Å². The largest absolute Gasteiger partial charge is 0.422 e. The van der Waals surface area contributed by atoms with Crippen LogP contribution >= 0.6 is 0 Å². The van der Waals surface area contributed by atoms with Crippen LogP contribution in [-0.4, -0.2) is 62.1 Å². The molecule has 0 radical (unpaired) electrons. The Kier molecular flexibility index (Phi) is 4.73. The molecule has 0 atom stereocenters. The normalized spacial score (nSPS) is 15.7. The second kappa shape index (κ2) is 6.93. The second-order valence-electron chi connectivity index (χ2n) is 5.67. The van der Waals surface area contributed by atoms with Gasteiger partial charge in [-0.25, -0.2) is 4.79 Å². The summed E-state index contributed by atoms with van der Waals surface area (Å²) in [5, 5.41) is 0.747. The maximum atomic E-state index is 12.5. The number of ether oxygens (including phenoxy) is 1. The molecule has 1 aliphatic rings. The topological polar surface area (TPSA) is 63.0 Å². The summed E-state index contributed by atoms with van der Waals surface area (Å²) in [6.45, 7) is 4.54. The first-order chi connectivity index (χ1) is 11.1. The van der Waals surface area contributed by atoms with E-state index >= 15 is 0 Å². The van der Waals surface area contributed by atoms with Crippen LogP contribution in [0.1, 0.15) is 10.4 Å². The number of nitrogens with zero attached hydrogens (tertiary/aromatic N) is 2. The summed E-state index contributed by atoms with van der Waals surface area (Å²) in [5.41, 5.74) is -0.0230. The molecule has 1 aliphatic heterocycles.